The number of aromatic amines is 1. The first-order chi connectivity index (χ1) is 13.2. The van der Waals surface area contributed by atoms with Gasteiger partial charge in [0.15, 0.2) is 5.69 Å². The molecule has 27 heavy (non-hydrogen) atoms. The van der Waals surface area contributed by atoms with Crippen molar-refractivity contribution in [1.82, 2.24) is 15.1 Å². The van der Waals surface area contributed by atoms with Crippen molar-refractivity contribution >= 4 is 28.4 Å². The summed E-state index contributed by atoms with van der Waals surface area (Å²) in [4.78, 5) is 26.9. The molecule has 7 nitrogen and oxygen atoms in total. The Morgan fingerprint density at radius 2 is 1.85 bits per heavy atom. The third-order valence-corrected chi connectivity index (χ3v) is 4.77. The van der Waals surface area contributed by atoms with Crippen LogP contribution in [0.15, 0.2) is 42.5 Å². The molecule has 0 atom stereocenters. The first-order valence-corrected chi connectivity index (χ1v) is 8.88. The van der Waals surface area contributed by atoms with E-state index in [9.17, 15) is 9.59 Å². The van der Waals surface area contributed by atoms with E-state index in [1.807, 2.05) is 11.0 Å². The number of anilines is 1. The van der Waals surface area contributed by atoms with Crippen LogP contribution >= 0.6 is 0 Å². The van der Waals surface area contributed by atoms with Crippen molar-refractivity contribution in [2.45, 2.75) is 12.8 Å². The van der Waals surface area contributed by atoms with Gasteiger partial charge in [0.1, 0.15) is 5.75 Å². The Morgan fingerprint density at radius 1 is 1.11 bits per heavy atom. The second-order valence-electron chi connectivity index (χ2n) is 6.51. The van der Waals surface area contributed by atoms with E-state index in [1.165, 1.54) is 0 Å². The van der Waals surface area contributed by atoms with Gasteiger partial charge in [0.25, 0.3) is 11.8 Å². The van der Waals surface area contributed by atoms with Crippen LogP contribution < -0.4 is 10.1 Å². The predicted octanol–water partition coefficient (Wildman–Crippen LogP) is 3.06. The fraction of sp³-hybridized carbons (Fsp3) is 0.250. The fourth-order valence-corrected chi connectivity index (χ4v) is 3.28. The van der Waals surface area contributed by atoms with Gasteiger partial charge >= 0.3 is 0 Å². The van der Waals surface area contributed by atoms with Crippen molar-refractivity contribution in [2.75, 3.05) is 25.5 Å². The smallest absolute Gasteiger partial charge is 0.276 e. The van der Waals surface area contributed by atoms with Crippen LogP contribution in [0.4, 0.5) is 5.69 Å². The topological polar surface area (TPSA) is 87.3 Å². The first kappa shape index (κ1) is 17.1. The van der Waals surface area contributed by atoms with Gasteiger partial charge < -0.3 is 15.0 Å². The largest absolute Gasteiger partial charge is 0.497 e. The van der Waals surface area contributed by atoms with Gasteiger partial charge in [-0.15, -0.1) is 0 Å². The normalized spacial score (nSPS) is 13.7. The Labute approximate surface area is 156 Å². The molecule has 1 aromatic heterocycles. The first-order valence-electron chi connectivity index (χ1n) is 8.88. The lowest BCUT2D eigenvalue weighted by Crippen LogP contribution is -2.27. The third-order valence-electron chi connectivity index (χ3n) is 4.77. The number of ether oxygens (including phenoxy) is 1. The summed E-state index contributed by atoms with van der Waals surface area (Å²) in [6.07, 6.45) is 2.12. The Bertz CT molecular complexity index is 988. The van der Waals surface area contributed by atoms with E-state index in [-0.39, 0.29) is 11.8 Å². The van der Waals surface area contributed by atoms with E-state index in [0.29, 0.717) is 28.1 Å². The maximum atomic E-state index is 12.6. The number of nitrogens with zero attached hydrogens (tertiary/aromatic N) is 2. The molecule has 2 N–H and O–H groups in total. The van der Waals surface area contributed by atoms with Crippen LogP contribution in [-0.4, -0.2) is 47.1 Å². The van der Waals surface area contributed by atoms with Gasteiger partial charge in [0.2, 0.25) is 0 Å². The van der Waals surface area contributed by atoms with Crippen LogP contribution in [0.3, 0.4) is 0 Å². The standard InChI is InChI=1S/C20H20N4O3/c1-27-15-8-9-17-16(12-15)18(23-22-17)19(25)21-14-6-4-13(5-7-14)20(26)24-10-2-3-11-24/h4-9,12H,2-3,10-11H2,1H3,(H,21,25)(H,22,23). The summed E-state index contributed by atoms with van der Waals surface area (Å²) < 4.78 is 5.21. The third kappa shape index (κ3) is 3.36. The number of methoxy groups -OCH3 is 1. The molecule has 2 heterocycles. The maximum absolute atomic E-state index is 12.6. The van der Waals surface area contributed by atoms with E-state index in [2.05, 4.69) is 15.5 Å². The molecule has 3 aromatic rings. The molecule has 4 rings (SSSR count). The molecule has 1 aliphatic rings. The lowest BCUT2D eigenvalue weighted by molar-refractivity contribution is 0.0792. The summed E-state index contributed by atoms with van der Waals surface area (Å²) in [5.74, 6) is 0.367. The number of nitrogens with one attached hydrogen (secondary N) is 2. The minimum absolute atomic E-state index is 0.0377. The van der Waals surface area contributed by atoms with Crippen LogP contribution in [0.2, 0.25) is 0 Å². The number of rotatable bonds is 4. The molecule has 0 spiro atoms. The van der Waals surface area contributed by atoms with E-state index < -0.39 is 0 Å². The highest BCUT2D eigenvalue weighted by Gasteiger charge is 2.20. The van der Waals surface area contributed by atoms with Gasteiger partial charge in [-0.3, -0.25) is 14.7 Å². The highest BCUT2D eigenvalue weighted by Crippen LogP contribution is 2.23. The molecule has 0 saturated carbocycles. The van der Waals surface area contributed by atoms with Gasteiger partial charge in [0.05, 0.1) is 12.6 Å². The fourth-order valence-electron chi connectivity index (χ4n) is 3.28. The molecule has 1 aliphatic heterocycles. The summed E-state index contributed by atoms with van der Waals surface area (Å²) in [6, 6.07) is 12.3. The molecule has 7 heteroatoms. The maximum Gasteiger partial charge on any atom is 0.276 e. The zero-order chi connectivity index (χ0) is 18.8. The van der Waals surface area contributed by atoms with Gasteiger partial charge in [0, 0.05) is 29.7 Å². The zero-order valence-electron chi connectivity index (χ0n) is 15.0. The number of carbonyl (C=O) groups excluding carboxylic acids is 2. The molecule has 1 fully saturated rings. The zero-order valence-corrected chi connectivity index (χ0v) is 15.0. The summed E-state index contributed by atoms with van der Waals surface area (Å²) in [5, 5.41) is 10.5. The predicted molar refractivity (Wildman–Crippen MR) is 102 cm³/mol. The number of likely N-dealkylation sites (tertiary alicyclic amines) is 1. The minimum Gasteiger partial charge on any atom is -0.497 e. The number of H-pyrrole nitrogens is 1. The lowest BCUT2D eigenvalue weighted by atomic mass is 10.1. The van der Waals surface area contributed by atoms with Crippen molar-refractivity contribution in [2.24, 2.45) is 0 Å². The summed E-state index contributed by atoms with van der Waals surface area (Å²) in [6.45, 7) is 1.63. The second kappa shape index (κ2) is 7.11. The molecular formula is C20H20N4O3. The van der Waals surface area contributed by atoms with E-state index >= 15 is 0 Å². The monoisotopic (exact) mass is 364 g/mol. The Morgan fingerprint density at radius 3 is 2.56 bits per heavy atom. The number of hydrogen-bond donors (Lipinski definition) is 2. The van der Waals surface area contributed by atoms with E-state index in [4.69, 9.17) is 4.74 Å². The average Bonchev–Trinajstić information content (AvgIpc) is 3.37. The Balaban J connectivity index is 1.50. The molecule has 0 aliphatic carbocycles. The van der Waals surface area contributed by atoms with Crippen LogP contribution in [0.1, 0.15) is 33.7 Å². The van der Waals surface area contributed by atoms with Crippen molar-refractivity contribution in [3.8, 4) is 5.75 Å². The molecule has 0 unspecified atom stereocenters. The molecular weight excluding hydrogens is 344 g/mol. The van der Waals surface area contributed by atoms with Gasteiger partial charge in [-0.05, 0) is 55.3 Å². The Kier molecular flexibility index (Phi) is 4.50. The van der Waals surface area contributed by atoms with Gasteiger partial charge in [-0.2, -0.15) is 5.10 Å². The lowest BCUT2D eigenvalue weighted by Gasteiger charge is -2.15. The van der Waals surface area contributed by atoms with E-state index in [0.717, 1.165) is 31.4 Å². The molecule has 0 bridgehead atoms. The summed E-state index contributed by atoms with van der Waals surface area (Å²) in [7, 11) is 1.58. The number of aromatic nitrogens is 2. The molecule has 2 aromatic carbocycles. The molecule has 0 radical (unpaired) electrons. The quantitative estimate of drug-likeness (QED) is 0.745. The highest BCUT2D eigenvalue weighted by atomic mass is 16.5. The molecule has 1 saturated heterocycles. The van der Waals surface area contributed by atoms with Crippen molar-refractivity contribution in [1.29, 1.82) is 0 Å². The number of amides is 2. The van der Waals surface area contributed by atoms with Crippen LogP contribution in [0.5, 0.6) is 5.75 Å². The second-order valence-corrected chi connectivity index (χ2v) is 6.51. The molecule has 138 valence electrons. The summed E-state index contributed by atoms with van der Waals surface area (Å²) in [5.41, 5.74) is 2.29. The number of hydrogen-bond acceptors (Lipinski definition) is 4. The molecule has 2 amide bonds. The van der Waals surface area contributed by atoms with Crippen molar-refractivity contribution in [3.05, 3.63) is 53.7 Å². The highest BCUT2D eigenvalue weighted by molar-refractivity contribution is 6.11. The van der Waals surface area contributed by atoms with Crippen LogP contribution in [0, 0.1) is 0 Å². The minimum atomic E-state index is -0.326. The number of benzene rings is 2. The van der Waals surface area contributed by atoms with Gasteiger partial charge in [-0.1, -0.05) is 0 Å². The van der Waals surface area contributed by atoms with E-state index in [1.54, 1.807) is 43.5 Å². The summed E-state index contributed by atoms with van der Waals surface area (Å²) >= 11 is 0. The van der Waals surface area contributed by atoms with Crippen molar-refractivity contribution in [3.63, 3.8) is 0 Å². The number of carbonyl (C=O) groups is 2. The average molecular weight is 364 g/mol. The Hall–Kier alpha value is -3.35. The van der Waals surface area contributed by atoms with Crippen LogP contribution in [-0.2, 0) is 0 Å². The van der Waals surface area contributed by atoms with Crippen LogP contribution in [0.25, 0.3) is 10.9 Å². The van der Waals surface area contributed by atoms with Gasteiger partial charge in [-0.25, -0.2) is 0 Å². The number of fused-ring (bicyclic) bond motifs is 1. The van der Waals surface area contributed by atoms with Crippen molar-refractivity contribution < 1.29 is 14.3 Å². The SMILES string of the molecule is COc1ccc2[nH]nc(C(=O)Nc3ccc(C(=O)N4CCCC4)cc3)c2c1.